The van der Waals surface area contributed by atoms with Crippen LogP contribution in [-0.4, -0.2) is 42.2 Å². The molecule has 2 aliphatic rings. The Hall–Kier alpha value is -2.02. The van der Waals surface area contributed by atoms with Crippen molar-refractivity contribution in [2.75, 3.05) is 12.4 Å². The summed E-state index contributed by atoms with van der Waals surface area (Å²) >= 11 is 1.29. The van der Waals surface area contributed by atoms with Gasteiger partial charge in [0.1, 0.15) is 0 Å². The molecule has 0 heterocycles. The maximum absolute atomic E-state index is 12.2. The first-order valence-electron chi connectivity index (χ1n) is 8.09. The second kappa shape index (κ2) is 7.70. The lowest BCUT2D eigenvalue weighted by Gasteiger charge is -2.09. The Kier molecular flexibility index (Phi) is 5.40. The molecule has 2 N–H and O–H groups in total. The minimum atomic E-state index is -0.549. The third-order valence-electron chi connectivity index (χ3n) is 3.69. The van der Waals surface area contributed by atoms with E-state index in [4.69, 9.17) is 4.74 Å². The molecular formula is C17H20N2O4S. The summed E-state index contributed by atoms with van der Waals surface area (Å²) in [6, 6.07) is 7.51. The normalized spacial score (nSPS) is 16.3. The molecule has 1 aromatic rings. The minimum absolute atomic E-state index is 0.0329. The van der Waals surface area contributed by atoms with Gasteiger partial charge in [-0.05, 0) is 37.8 Å². The smallest absolute Gasteiger partial charge is 0.339 e. The van der Waals surface area contributed by atoms with Crippen LogP contribution in [0.5, 0.6) is 0 Å². The number of hydrogen-bond acceptors (Lipinski definition) is 5. The van der Waals surface area contributed by atoms with Crippen molar-refractivity contribution in [3.05, 3.63) is 29.8 Å². The quantitative estimate of drug-likeness (QED) is 0.549. The van der Waals surface area contributed by atoms with E-state index in [1.807, 2.05) is 0 Å². The van der Waals surface area contributed by atoms with Crippen molar-refractivity contribution in [3.63, 3.8) is 0 Å². The molecule has 0 atom stereocenters. The van der Waals surface area contributed by atoms with E-state index in [2.05, 4.69) is 10.6 Å². The Morgan fingerprint density at radius 3 is 2.29 bits per heavy atom. The summed E-state index contributed by atoms with van der Waals surface area (Å²) in [6.45, 7) is -0.281. The summed E-state index contributed by atoms with van der Waals surface area (Å²) in [6.07, 6.45) is 4.06. The number of rotatable bonds is 8. The summed E-state index contributed by atoms with van der Waals surface area (Å²) < 4.78 is 5.08. The van der Waals surface area contributed by atoms with Crippen molar-refractivity contribution in [2.45, 2.75) is 42.7 Å². The zero-order valence-electron chi connectivity index (χ0n) is 13.2. The monoisotopic (exact) mass is 348 g/mol. The molecule has 2 saturated carbocycles. The molecule has 0 saturated heterocycles. The third-order valence-corrected chi connectivity index (χ3v) is 4.76. The first-order chi connectivity index (χ1) is 11.6. The lowest BCUT2D eigenvalue weighted by atomic mass is 10.2. The highest BCUT2D eigenvalue weighted by Crippen LogP contribution is 2.24. The van der Waals surface area contributed by atoms with Gasteiger partial charge in [-0.25, -0.2) is 4.79 Å². The van der Waals surface area contributed by atoms with Gasteiger partial charge in [0.15, 0.2) is 6.61 Å². The molecule has 6 nitrogen and oxygen atoms in total. The fourth-order valence-electron chi connectivity index (χ4n) is 2.11. The molecule has 2 aliphatic carbocycles. The molecule has 1 aromatic carbocycles. The molecular weight excluding hydrogens is 328 g/mol. The van der Waals surface area contributed by atoms with Crippen molar-refractivity contribution in [1.29, 1.82) is 0 Å². The molecule has 2 fully saturated rings. The van der Waals surface area contributed by atoms with Gasteiger partial charge in [0.05, 0.1) is 11.3 Å². The zero-order chi connectivity index (χ0) is 16.9. The molecule has 24 heavy (non-hydrogen) atoms. The highest BCUT2D eigenvalue weighted by molar-refractivity contribution is 8.00. The third kappa shape index (κ3) is 5.26. The number of nitrogens with one attached hydrogen (secondary N) is 2. The van der Waals surface area contributed by atoms with Gasteiger partial charge >= 0.3 is 5.97 Å². The van der Waals surface area contributed by atoms with Crippen LogP contribution in [0, 0.1) is 0 Å². The van der Waals surface area contributed by atoms with Crippen LogP contribution in [0.4, 0.5) is 0 Å². The lowest BCUT2D eigenvalue weighted by Crippen LogP contribution is -2.30. The Labute approximate surface area is 144 Å². The maximum Gasteiger partial charge on any atom is 0.339 e. The Morgan fingerprint density at radius 2 is 1.62 bits per heavy atom. The number of esters is 1. The summed E-state index contributed by atoms with van der Waals surface area (Å²) in [5.74, 6) is -0.607. The summed E-state index contributed by atoms with van der Waals surface area (Å²) in [5.41, 5.74) is 0.376. The molecule has 0 bridgehead atoms. The summed E-state index contributed by atoms with van der Waals surface area (Å²) in [4.78, 5) is 36.2. The van der Waals surface area contributed by atoms with Crippen molar-refractivity contribution in [3.8, 4) is 0 Å². The number of benzene rings is 1. The van der Waals surface area contributed by atoms with Crippen LogP contribution in [0.1, 0.15) is 36.0 Å². The van der Waals surface area contributed by atoms with Crippen LogP contribution in [-0.2, 0) is 14.3 Å². The first-order valence-corrected chi connectivity index (χ1v) is 9.08. The Morgan fingerprint density at radius 1 is 1.00 bits per heavy atom. The van der Waals surface area contributed by atoms with Crippen LogP contribution < -0.4 is 10.6 Å². The summed E-state index contributed by atoms with van der Waals surface area (Å²) in [5, 5.41) is 5.67. The molecule has 7 heteroatoms. The van der Waals surface area contributed by atoms with Gasteiger partial charge in [0.25, 0.3) is 5.91 Å². The van der Waals surface area contributed by atoms with Crippen LogP contribution >= 0.6 is 11.8 Å². The second-order valence-electron chi connectivity index (χ2n) is 6.04. The zero-order valence-corrected chi connectivity index (χ0v) is 14.1. The number of ether oxygens (including phenoxy) is 1. The van der Waals surface area contributed by atoms with E-state index >= 15 is 0 Å². The Bertz CT molecular complexity index is 641. The van der Waals surface area contributed by atoms with E-state index in [1.165, 1.54) is 11.8 Å². The van der Waals surface area contributed by atoms with E-state index in [9.17, 15) is 14.4 Å². The highest BCUT2D eigenvalue weighted by Gasteiger charge is 2.25. The predicted octanol–water partition coefficient (Wildman–Crippen LogP) is 1.49. The van der Waals surface area contributed by atoms with Gasteiger partial charge in [0, 0.05) is 17.0 Å². The molecule has 0 aromatic heterocycles. The van der Waals surface area contributed by atoms with Crippen molar-refractivity contribution in [2.24, 2.45) is 0 Å². The fraction of sp³-hybridized carbons (Fsp3) is 0.471. The topological polar surface area (TPSA) is 84.5 Å². The molecule has 0 unspecified atom stereocenters. The van der Waals surface area contributed by atoms with Crippen LogP contribution in [0.2, 0.25) is 0 Å². The number of carbonyl (C=O) groups is 3. The standard InChI is InChI=1S/C17H20N2O4S/c20-15(18-11-5-6-11)9-23-17(22)13-3-1-2-4-14(13)24-10-16(21)19-12-7-8-12/h1-4,11-12H,5-10H2,(H,18,20)(H,19,21). The average Bonchev–Trinajstić information content (AvgIpc) is 3.48. The maximum atomic E-state index is 12.2. The van der Waals surface area contributed by atoms with Crippen LogP contribution in [0.25, 0.3) is 0 Å². The van der Waals surface area contributed by atoms with Crippen molar-refractivity contribution >= 4 is 29.5 Å². The molecule has 2 amide bonds. The largest absolute Gasteiger partial charge is 0.452 e. The number of amides is 2. The van der Waals surface area contributed by atoms with E-state index in [0.717, 1.165) is 25.7 Å². The van der Waals surface area contributed by atoms with Crippen molar-refractivity contribution in [1.82, 2.24) is 10.6 Å². The van der Waals surface area contributed by atoms with Gasteiger partial charge in [-0.3, -0.25) is 9.59 Å². The van der Waals surface area contributed by atoms with Gasteiger partial charge in [-0.2, -0.15) is 0 Å². The molecule has 0 radical (unpaired) electrons. The van der Waals surface area contributed by atoms with E-state index in [0.29, 0.717) is 16.5 Å². The average molecular weight is 348 g/mol. The minimum Gasteiger partial charge on any atom is -0.452 e. The SMILES string of the molecule is O=C(COC(=O)c1ccccc1SCC(=O)NC1CC1)NC1CC1. The van der Waals surface area contributed by atoms with E-state index in [-0.39, 0.29) is 30.2 Å². The fourth-order valence-corrected chi connectivity index (χ4v) is 2.96. The van der Waals surface area contributed by atoms with Gasteiger partial charge < -0.3 is 15.4 Å². The van der Waals surface area contributed by atoms with Gasteiger partial charge in [-0.1, -0.05) is 12.1 Å². The number of carbonyl (C=O) groups excluding carboxylic acids is 3. The number of thioether (sulfide) groups is 1. The van der Waals surface area contributed by atoms with E-state index < -0.39 is 5.97 Å². The molecule has 3 rings (SSSR count). The van der Waals surface area contributed by atoms with Crippen LogP contribution in [0.3, 0.4) is 0 Å². The van der Waals surface area contributed by atoms with Gasteiger partial charge in [-0.15, -0.1) is 11.8 Å². The molecule has 128 valence electrons. The molecule has 0 spiro atoms. The highest BCUT2D eigenvalue weighted by atomic mass is 32.2. The summed E-state index contributed by atoms with van der Waals surface area (Å²) in [7, 11) is 0. The first kappa shape index (κ1) is 16.8. The second-order valence-corrected chi connectivity index (χ2v) is 7.06. The van der Waals surface area contributed by atoms with E-state index in [1.54, 1.807) is 24.3 Å². The Balaban J connectivity index is 1.50. The van der Waals surface area contributed by atoms with Crippen molar-refractivity contribution < 1.29 is 19.1 Å². The van der Waals surface area contributed by atoms with Crippen LogP contribution in [0.15, 0.2) is 29.2 Å². The number of hydrogen-bond donors (Lipinski definition) is 2. The molecule has 0 aliphatic heterocycles. The lowest BCUT2D eigenvalue weighted by molar-refractivity contribution is -0.124. The predicted molar refractivity (Wildman–Crippen MR) is 89.8 cm³/mol. The van der Waals surface area contributed by atoms with Gasteiger partial charge in [0.2, 0.25) is 5.91 Å².